The van der Waals surface area contributed by atoms with E-state index >= 15 is 0 Å². The van der Waals surface area contributed by atoms with Gasteiger partial charge in [-0.15, -0.1) is 0 Å². The van der Waals surface area contributed by atoms with Gasteiger partial charge in [0.05, 0.1) is 12.2 Å². The largest absolute Gasteiger partial charge is 0.494 e. The molecule has 38 heavy (non-hydrogen) atoms. The number of carbonyl (C=O) groups is 1. The SMILES string of the molecule is CCCCCOc1ccc(-c2ccc(-c3ccc(C(=O)Oc4c(F)c(F)c(F)c(F)c4F)cc3)cc2)cc1. The van der Waals surface area contributed by atoms with Crippen molar-refractivity contribution in [2.24, 2.45) is 0 Å². The number of unbranched alkanes of at least 4 members (excludes halogenated alkanes) is 2. The van der Waals surface area contributed by atoms with Crippen LogP contribution in [0.4, 0.5) is 22.0 Å². The summed E-state index contributed by atoms with van der Waals surface area (Å²) in [4.78, 5) is 12.3. The Labute approximate surface area is 216 Å². The molecular weight excluding hydrogens is 503 g/mol. The lowest BCUT2D eigenvalue weighted by molar-refractivity contribution is 0.0716. The van der Waals surface area contributed by atoms with Crippen molar-refractivity contribution >= 4 is 5.97 Å². The topological polar surface area (TPSA) is 35.5 Å². The second kappa shape index (κ2) is 11.9. The van der Waals surface area contributed by atoms with Gasteiger partial charge in [0, 0.05) is 0 Å². The van der Waals surface area contributed by atoms with Crippen molar-refractivity contribution < 1.29 is 36.2 Å². The van der Waals surface area contributed by atoms with Crippen LogP contribution in [0.25, 0.3) is 22.3 Å². The van der Waals surface area contributed by atoms with Gasteiger partial charge < -0.3 is 9.47 Å². The first kappa shape index (κ1) is 26.9. The van der Waals surface area contributed by atoms with E-state index < -0.39 is 40.8 Å². The molecule has 0 radical (unpaired) electrons. The molecule has 0 saturated heterocycles. The van der Waals surface area contributed by atoms with Crippen molar-refractivity contribution in [3.8, 4) is 33.8 Å². The van der Waals surface area contributed by atoms with Crippen LogP contribution >= 0.6 is 0 Å². The number of hydrogen-bond acceptors (Lipinski definition) is 3. The Hall–Kier alpha value is -4.20. The second-order valence-corrected chi connectivity index (χ2v) is 8.52. The average Bonchev–Trinajstić information content (AvgIpc) is 2.96. The highest BCUT2D eigenvalue weighted by Gasteiger charge is 2.28. The van der Waals surface area contributed by atoms with Crippen LogP contribution < -0.4 is 9.47 Å². The molecule has 0 aromatic heterocycles. The van der Waals surface area contributed by atoms with Gasteiger partial charge in [-0.05, 0) is 52.9 Å². The zero-order valence-corrected chi connectivity index (χ0v) is 20.4. The lowest BCUT2D eigenvalue weighted by Crippen LogP contribution is -2.13. The maximum atomic E-state index is 13.8. The van der Waals surface area contributed by atoms with Crippen LogP contribution in [0.5, 0.6) is 11.5 Å². The molecule has 0 spiro atoms. The molecule has 8 heteroatoms. The molecule has 196 valence electrons. The molecule has 4 aromatic rings. The highest BCUT2D eigenvalue weighted by atomic mass is 19.2. The van der Waals surface area contributed by atoms with Crippen molar-refractivity contribution in [1.82, 2.24) is 0 Å². The molecule has 0 N–H and O–H groups in total. The van der Waals surface area contributed by atoms with Gasteiger partial charge in [-0.3, -0.25) is 0 Å². The van der Waals surface area contributed by atoms with Crippen LogP contribution in [-0.4, -0.2) is 12.6 Å². The van der Waals surface area contributed by atoms with Gasteiger partial charge in [0.1, 0.15) is 5.75 Å². The molecule has 0 saturated carbocycles. The molecule has 3 nitrogen and oxygen atoms in total. The molecule has 0 aliphatic rings. The van der Waals surface area contributed by atoms with Crippen LogP contribution in [0.2, 0.25) is 0 Å². The first-order valence-electron chi connectivity index (χ1n) is 12.0. The summed E-state index contributed by atoms with van der Waals surface area (Å²) in [6.07, 6.45) is 3.29. The Morgan fingerprint density at radius 3 is 1.50 bits per heavy atom. The Morgan fingerprint density at radius 1 is 0.605 bits per heavy atom. The van der Waals surface area contributed by atoms with E-state index in [0.29, 0.717) is 6.61 Å². The van der Waals surface area contributed by atoms with E-state index in [9.17, 15) is 26.7 Å². The molecule has 4 rings (SSSR count). The van der Waals surface area contributed by atoms with Crippen LogP contribution in [0.15, 0.2) is 72.8 Å². The second-order valence-electron chi connectivity index (χ2n) is 8.52. The fourth-order valence-corrected chi connectivity index (χ4v) is 3.77. The summed E-state index contributed by atoms with van der Waals surface area (Å²) in [5.74, 6) is -13.3. The zero-order valence-electron chi connectivity index (χ0n) is 20.4. The number of hydrogen-bond donors (Lipinski definition) is 0. The predicted octanol–water partition coefficient (Wildman–Crippen LogP) is 8.50. The zero-order chi connectivity index (χ0) is 27.2. The third-order valence-electron chi connectivity index (χ3n) is 5.91. The highest BCUT2D eigenvalue weighted by Crippen LogP contribution is 2.30. The van der Waals surface area contributed by atoms with Gasteiger partial charge in [-0.25, -0.2) is 18.0 Å². The summed E-state index contributed by atoms with van der Waals surface area (Å²) >= 11 is 0. The van der Waals surface area contributed by atoms with Crippen LogP contribution in [0.3, 0.4) is 0 Å². The van der Waals surface area contributed by atoms with Gasteiger partial charge in [0.25, 0.3) is 0 Å². The highest BCUT2D eigenvalue weighted by molar-refractivity contribution is 5.91. The Morgan fingerprint density at radius 2 is 1.03 bits per heavy atom. The summed E-state index contributed by atoms with van der Waals surface area (Å²) in [6.45, 7) is 2.83. The number of ether oxygens (including phenoxy) is 2. The smallest absolute Gasteiger partial charge is 0.343 e. The number of halogens is 5. The summed E-state index contributed by atoms with van der Waals surface area (Å²) in [5, 5.41) is 0. The number of benzene rings is 4. The molecule has 0 fully saturated rings. The molecule has 0 atom stereocenters. The van der Waals surface area contributed by atoms with E-state index in [0.717, 1.165) is 47.3 Å². The molecular formula is C30H23F5O3. The summed E-state index contributed by atoms with van der Waals surface area (Å²) in [6, 6.07) is 21.3. The Balaban J connectivity index is 1.43. The molecule has 0 amide bonds. The number of rotatable bonds is 9. The molecule has 0 bridgehead atoms. The fraction of sp³-hybridized carbons (Fsp3) is 0.167. The lowest BCUT2D eigenvalue weighted by atomic mass is 9.99. The van der Waals surface area contributed by atoms with Crippen molar-refractivity contribution in [1.29, 1.82) is 0 Å². The average molecular weight is 527 g/mol. The monoisotopic (exact) mass is 526 g/mol. The van der Waals surface area contributed by atoms with E-state index in [2.05, 4.69) is 11.7 Å². The van der Waals surface area contributed by atoms with E-state index in [1.165, 1.54) is 12.1 Å². The standard InChI is InChI=1S/C30H23F5O3/c1-2-3-4-17-37-23-15-13-21(14-16-23)19-7-5-18(6-8-19)20-9-11-22(12-10-20)30(36)38-29-27(34)25(32)24(31)26(33)28(29)35/h5-16H,2-4,17H2,1H3. The van der Waals surface area contributed by atoms with Crippen molar-refractivity contribution in [3.05, 3.63) is 107 Å². The minimum absolute atomic E-state index is 0.133. The molecule has 4 aromatic carbocycles. The van der Waals surface area contributed by atoms with Gasteiger partial charge in [0.15, 0.2) is 0 Å². The van der Waals surface area contributed by atoms with Gasteiger partial charge in [-0.1, -0.05) is 68.3 Å². The number of carbonyl (C=O) groups excluding carboxylic acids is 1. The molecule has 0 heterocycles. The van der Waals surface area contributed by atoms with E-state index in [4.69, 9.17) is 4.74 Å². The van der Waals surface area contributed by atoms with Gasteiger partial charge >= 0.3 is 5.97 Å². The van der Waals surface area contributed by atoms with Crippen LogP contribution in [0, 0.1) is 29.1 Å². The minimum atomic E-state index is -2.33. The Bertz CT molecular complexity index is 1390. The minimum Gasteiger partial charge on any atom is -0.494 e. The first-order valence-corrected chi connectivity index (χ1v) is 12.0. The third kappa shape index (κ3) is 5.85. The summed E-state index contributed by atoms with van der Waals surface area (Å²) < 4.78 is 77.8. The third-order valence-corrected chi connectivity index (χ3v) is 5.91. The first-order chi connectivity index (χ1) is 18.3. The molecule has 0 aliphatic carbocycles. The van der Waals surface area contributed by atoms with E-state index in [-0.39, 0.29) is 5.56 Å². The predicted molar refractivity (Wildman–Crippen MR) is 134 cm³/mol. The fourth-order valence-electron chi connectivity index (χ4n) is 3.77. The molecule has 0 unspecified atom stereocenters. The quantitative estimate of drug-likeness (QED) is 0.0548. The van der Waals surface area contributed by atoms with Crippen molar-refractivity contribution in [2.75, 3.05) is 6.61 Å². The lowest BCUT2D eigenvalue weighted by Gasteiger charge is -2.10. The molecule has 0 aliphatic heterocycles. The van der Waals surface area contributed by atoms with Gasteiger partial charge in [-0.2, -0.15) is 8.78 Å². The van der Waals surface area contributed by atoms with Crippen LogP contribution in [-0.2, 0) is 0 Å². The van der Waals surface area contributed by atoms with E-state index in [1.54, 1.807) is 12.1 Å². The number of esters is 1. The van der Waals surface area contributed by atoms with Crippen molar-refractivity contribution in [2.45, 2.75) is 26.2 Å². The van der Waals surface area contributed by atoms with Gasteiger partial charge in [0.2, 0.25) is 34.8 Å². The normalized spacial score (nSPS) is 10.9. The Kier molecular flexibility index (Phi) is 8.41. The summed E-state index contributed by atoms with van der Waals surface area (Å²) in [7, 11) is 0. The van der Waals surface area contributed by atoms with Crippen LogP contribution in [0.1, 0.15) is 36.5 Å². The van der Waals surface area contributed by atoms with E-state index in [1.807, 2.05) is 48.5 Å². The maximum Gasteiger partial charge on any atom is 0.343 e. The van der Waals surface area contributed by atoms with Crippen molar-refractivity contribution in [3.63, 3.8) is 0 Å². The summed E-state index contributed by atoms with van der Waals surface area (Å²) in [5.41, 5.74) is 3.45. The maximum absolute atomic E-state index is 13.8.